The molecule has 0 amide bonds. The van der Waals surface area contributed by atoms with Crippen LogP contribution in [0, 0.1) is 0 Å². The molecule has 1 aliphatic carbocycles. The Morgan fingerprint density at radius 1 is 0.254 bits per heavy atom. The van der Waals surface area contributed by atoms with Crippen molar-refractivity contribution in [2.75, 3.05) is 0 Å². The maximum Gasteiger partial charge on any atom is 0.0714 e. The highest BCUT2D eigenvalue weighted by atomic mass is 15.0. The van der Waals surface area contributed by atoms with Crippen LogP contribution in [0.15, 0.2) is 243 Å². The number of benzene rings is 10. The molecule has 13 rings (SSSR count). The number of nitrogens with zero attached hydrogens (tertiary/aromatic N) is 2. The zero-order chi connectivity index (χ0) is 41.5. The second-order valence-corrected chi connectivity index (χ2v) is 16.8. The minimum absolute atomic E-state index is 0.472. The second-order valence-electron chi connectivity index (χ2n) is 16.8. The van der Waals surface area contributed by atoms with Gasteiger partial charge >= 0.3 is 0 Å². The first kappa shape index (κ1) is 35.5. The Morgan fingerprint density at radius 2 is 0.730 bits per heavy atom. The fourth-order valence-electron chi connectivity index (χ4n) is 10.9. The Hall–Kier alpha value is -8.20. The van der Waals surface area contributed by atoms with Gasteiger partial charge in [-0.05, 0) is 110 Å². The molecule has 2 heterocycles. The molecular weight excluding hydrogens is 761 g/mol. The molecule has 0 saturated carbocycles. The van der Waals surface area contributed by atoms with Crippen LogP contribution in [0.3, 0.4) is 0 Å². The molecule has 63 heavy (non-hydrogen) atoms. The van der Waals surface area contributed by atoms with E-state index in [-0.39, 0.29) is 0 Å². The summed E-state index contributed by atoms with van der Waals surface area (Å²) in [5.74, 6) is 0. The van der Waals surface area contributed by atoms with Crippen molar-refractivity contribution in [2.24, 2.45) is 0 Å². The zero-order valence-electron chi connectivity index (χ0n) is 34.5. The third-order valence-corrected chi connectivity index (χ3v) is 13.6. The summed E-state index contributed by atoms with van der Waals surface area (Å²) in [5.41, 5.74) is 19.2. The van der Waals surface area contributed by atoms with Crippen LogP contribution in [-0.2, 0) is 5.41 Å². The third-order valence-electron chi connectivity index (χ3n) is 13.6. The lowest BCUT2D eigenvalue weighted by Gasteiger charge is -2.34. The van der Waals surface area contributed by atoms with Crippen molar-refractivity contribution >= 4 is 43.6 Å². The highest BCUT2D eigenvalue weighted by molar-refractivity contribution is 6.12. The predicted octanol–water partition coefficient (Wildman–Crippen LogP) is 15.6. The molecule has 2 nitrogen and oxygen atoms in total. The van der Waals surface area contributed by atoms with Crippen molar-refractivity contribution in [3.8, 4) is 44.8 Å². The monoisotopic (exact) mass is 800 g/mol. The SMILES string of the molecule is c1ccc(-c2cccc(-n3c4ccccc4c4ccc(-c5ccc6c(c5)c5ccccc5n6-c5cccc(C6(c7ccccc7)c7ccccc7-c7ccccc76)c5)cc43)c2)cc1. The Morgan fingerprint density at radius 3 is 1.46 bits per heavy atom. The summed E-state index contributed by atoms with van der Waals surface area (Å²) in [6, 6.07) is 89.6. The molecule has 0 aliphatic heterocycles. The second kappa shape index (κ2) is 13.9. The summed E-state index contributed by atoms with van der Waals surface area (Å²) < 4.78 is 4.89. The van der Waals surface area contributed by atoms with Crippen LogP contribution < -0.4 is 0 Å². The highest BCUT2D eigenvalue weighted by Crippen LogP contribution is 2.56. The van der Waals surface area contributed by atoms with E-state index >= 15 is 0 Å². The first-order valence-corrected chi connectivity index (χ1v) is 21.8. The van der Waals surface area contributed by atoms with Gasteiger partial charge in [-0.1, -0.05) is 188 Å². The first-order chi connectivity index (χ1) is 31.3. The van der Waals surface area contributed by atoms with Gasteiger partial charge in [-0.25, -0.2) is 0 Å². The summed E-state index contributed by atoms with van der Waals surface area (Å²) in [5, 5.41) is 4.97. The van der Waals surface area contributed by atoms with Gasteiger partial charge in [-0.2, -0.15) is 0 Å². The van der Waals surface area contributed by atoms with E-state index in [1.54, 1.807) is 0 Å². The Bertz CT molecular complexity index is 3690. The molecule has 0 saturated heterocycles. The summed E-state index contributed by atoms with van der Waals surface area (Å²) in [6.45, 7) is 0. The molecule has 2 aromatic heterocycles. The molecular formula is C61H40N2. The van der Waals surface area contributed by atoms with E-state index in [0.717, 1.165) is 11.4 Å². The van der Waals surface area contributed by atoms with Gasteiger partial charge in [0, 0.05) is 32.9 Å². The molecule has 0 radical (unpaired) electrons. The smallest absolute Gasteiger partial charge is 0.0714 e. The fraction of sp³-hybridized carbons (Fsp3) is 0.0164. The molecule has 0 atom stereocenters. The molecule has 2 heteroatoms. The molecule has 0 bridgehead atoms. The average Bonchev–Trinajstić information content (AvgIpc) is 3.98. The molecule has 12 aromatic rings. The van der Waals surface area contributed by atoms with Gasteiger partial charge < -0.3 is 9.13 Å². The molecule has 294 valence electrons. The molecule has 1 aliphatic rings. The van der Waals surface area contributed by atoms with Crippen LogP contribution in [0.2, 0.25) is 0 Å². The van der Waals surface area contributed by atoms with E-state index in [2.05, 4.69) is 252 Å². The number of aromatic nitrogens is 2. The Labute approximate surface area is 366 Å². The lowest BCUT2D eigenvalue weighted by Crippen LogP contribution is -2.28. The van der Waals surface area contributed by atoms with Crippen LogP contribution >= 0.6 is 0 Å². The molecule has 10 aromatic carbocycles. The third kappa shape index (κ3) is 5.25. The summed E-state index contributed by atoms with van der Waals surface area (Å²) in [7, 11) is 0. The van der Waals surface area contributed by atoms with Gasteiger partial charge in [0.1, 0.15) is 0 Å². The average molecular weight is 801 g/mol. The molecule has 0 fully saturated rings. The lowest BCUT2D eigenvalue weighted by atomic mass is 9.67. The number of hydrogen-bond donors (Lipinski definition) is 0. The van der Waals surface area contributed by atoms with Gasteiger partial charge in [-0.3, -0.25) is 0 Å². The van der Waals surface area contributed by atoms with Crippen LogP contribution in [0.25, 0.3) is 88.4 Å². The number of fused-ring (bicyclic) bond motifs is 9. The quantitative estimate of drug-likeness (QED) is 0.159. The van der Waals surface area contributed by atoms with Crippen LogP contribution in [0.4, 0.5) is 0 Å². The van der Waals surface area contributed by atoms with Crippen molar-refractivity contribution in [3.63, 3.8) is 0 Å². The number of para-hydroxylation sites is 2. The Balaban J connectivity index is 0.984. The standard InChI is InChI=1S/C61H40N2/c1-3-17-41(18-4-1)42-19-15-23-47(37-42)63-57-31-13-9-27-51(57)53-35-33-44(39-60(53)63)43-34-36-59-54(38-43)52-28-10-14-32-58(52)62(59)48-24-16-22-46(40-48)61(45-20-5-2-6-21-45)55-29-11-7-25-49(55)50-26-8-12-30-56(50)61/h1-40H. The van der Waals surface area contributed by atoms with E-state index in [4.69, 9.17) is 0 Å². The topological polar surface area (TPSA) is 9.86 Å². The maximum atomic E-state index is 2.46. The normalized spacial score (nSPS) is 12.9. The summed E-state index contributed by atoms with van der Waals surface area (Å²) in [4.78, 5) is 0. The van der Waals surface area contributed by atoms with Crippen molar-refractivity contribution in [1.82, 2.24) is 9.13 Å². The van der Waals surface area contributed by atoms with Crippen LogP contribution in [0.5, 0.6) is 0 Å². The van der Waals surface area contributed by atoms with Gasteiger partial charge in [0.2, 0.25) is 0 Å². The first-order valence-electron chi connectivity index (χ1n) is 21.8. The van der Waals surface area contributed by atoms with E-state index < -0.39 is 5.41 Å². The van der Waals surface area contributed by atoms with Crippen LogP contribution in [-0.4, -0.2) is 9.13 Å². The summed E-state index contributed by atoms with van der Waals surface area (Å²) in [6.07, 6.45) is 0. The van der Waals surface area contributed by atoms with Crippen molar-refractivity contribution in [3.05, 3.63) is 265 Å². The van der Waals surface area contributed by atoms with Crippen molar-refractivity contribution in [2.45, 2.75) is 5.41 Å². The maximum absolute atomic E-state index is 2.46. The van der Waals surface area contributed by atoms with E-state index in [0.29, 0.717) is 0 Å². The van der Waals surface area contributed by atoms with Crippen LogP contribution in [0.1, 0.15) is 22.3 Å². The minimum atomic E-state index is -0.472. The molecule has 0 spiro atoms. The largest absolute Gasteiger partial charge is 0.309 e. The number of rotatable bonds is 6. The molecule has 0 N–H and O–H groups in total. The van der Waals surface area contributed by atoms with Crippen molar-refractivity contribution < 1.29 is 0 Å². The highest BCUT2D eigenvalue weighted by Gasteiger charge is 2.46. The van der Waals surface area contributed by atoms with E-state index in [1.807, 2.05) is 0 Å². The summed E-state index contributed by atoms with van der Waals surface area (Å²) >= 11 is 0. The van der Waals surface area contributed by atoms with Gasteiger partial charge in [0.05, 0.1) is 27.5 Å². The molecule has 0 unspecified atom stereocenters. The number of hydrogen-bond acceptors (Lipinski definition) is 0. The lowest BCUT2D eigenvalue weighted by molar-refractivity contribution is 0.767. The van der Waals surface area contributed by atoms with E-state index in [1.165, 1.54) is 99.2 Å². The minimum Gasteiger partial charge on any atom is -0.309 e. The van der Waals surface area contributed by atoms with Gasteiger partial charge in [0.15, 0.2) is 0 Å². The Kier molecular flexibility index (Phi) is 7.85. The van der Waals surface area contributed by atoms with E-state index in [9.17, 15) is 0 Å². The van der Waals surface area contributed by atoms with Crippen molar-refractivity contribution in [1.29, 1.82) is 0 Å². The van der Waals surface area contributed by atoms with Gasteiger partial charge in [-0.15, -0.1) is 0 Å². The zero-order valence-corrected chi connectivity index (χ0v) is 34.5. The van der Waals surface area contributed by atoms with Gasteiger partial charge in [0.25, 0.3) is 0 Å². The fourth-order valence-corrected chi connectivity index (χ4v) is 10.9. The predicted molar refractivity (Wildman–Crippen MR) is 263 cm³/mol.